The molecule has 1 saturated heterocycles. The molecule has 186 valence electrons. The standard InChI is InChI=1S/C30H32N2O3S/c1-29(2)32(26(33)22-14-6-3-7-15-22)25(30(36-29)19-11-5-12-20-30)18-8-4-13-21-31-27(34)23-16-9-10-17-24(23)28(31)35/h3,6-7,9-10,14-17,25H,4-5,11-13,19-21H2,1-2H3. The second kappa shape index (κ2) is 9.78. The number of unbranched alkanes of at least 4 members (excludes halogenated alkanes) is 1. The number of imide groups is 1. The monoisotopic (exact) mass is 500 g/mol. The van der Waals surface area contributed by atoms with Gasteiger partial charge >= 0.3 is 0 Å². The van der Waals surface area contributed by atoms with Crippen LogP contribution in [0.4, 0.5) is 0 Å². The second-order valence-electron chi connectivity index (χ2n) is 10.4. The van der Waals surface area contributed by atoms with Crippen LogP contribution in [0, 0.1) is 11.8 Å². The summed E-state index contributed by atoms with van der Waals surface area (Å²) in [5, 5.41) is 0. The van der Waals surface area contributed by atoms with Crippen LogP contribution >= 0.6 is 11.8 Å². The molecular formula is C30H32N2O3S. The minimum atomic E-state index is -0.357. The molecule has 1 atom stereocenters. The third-order valence-corrected chi connectivity index (χ3v) is 9.26. The predicted octanol–water partition coefficient (Wildman–Crippen LogP) is 5.76. The number of amides is 3. The van der Waals surface area contributed by atoms with Gasteiger partial charge in [-0.1, -0.05) is 55.5 Å². The lowest BCUT2D eigenvalue weighted by atomic mass is 9.82. The largest absolute Gasteiger partial charge is 0.309 e. The molecule has 1 aliphatic carbocycles. The SMILES string of the molecule is CC1(C)SC2(CCCCC2)C(C#CCCCN2C(=O)c3ccccc3C2=O)N1C(=O)c1ccccc1. The van der Waals surface area contributed by atoms with Crippen molar-refractivity contribution in [1.82, 2.24) is 9.80 Å². The number of hydrogen-bond acceptors (Lipinski definition) is 4. The van der Waals surface area contributed by atoms with Crippen molar-refractivity contribution >= 4 is 29.5 Å². The highest BCUT2D eigenvalue weighted by atomic mass is 32.2. The van der Waals surface area contributed by atoms with Gasteiger partial charge in [0.05, 0.1) is 20.7 Å². The lowest BCUT2D eigenvalue weighted by Crippen LogP contribution is -2.50. The Morgan fingerprint density at radius 3 is 2.19 bits per heavy atom. The second-order valence-corrected chi connectivity index (χ2v) is 12.4. The highest BCUT2D eigenvalue weighted by molar-refractivity contribution is 8.02. The topological polar surface area (TPSA) is 57.7 Å². The van der Waals surface area contributed by atoms with Crippen molar-refractivity contribution in [2.75, 3.05) is 6.54 Å². The molecule has 2 heterocycles. The van der Waals surface area contributed by atoms with Crippen LogP contribution in [0.5, 0.6) is 0 Å². The maximum absolute atomic E-state index is 13.7. The Hall–Kier alpha value is -3.04. The summed E-state index contributed by atoms with van der Waals surface area (Å²) in [6, 6.07) is 16.3. The molecule has 5 nitrogen and oxygen atoms in total. The zero-order valence-electron chi connectivity index (χ0n) is 21.0. The number of rotatable bonds is 4. The maximum atomic E-state index is 13.7. The van der Waals surface area contributed by atoms with Gasteiger partial charge < -0.3 is 4.90 Å². The first kappa shape index (κ1) is 24.6. The van der Waals surface area contributed by atoms with Gasteiger partial charge in [-0.25, -0.2) is 0 Å². The van der Waals surface area contributed by atoms with Crippen molar-refractivity contribution < 1.29 is 14.4 Å². The molecule has 1 spiro atoms. The van der Waals surface area contributed by atoms with Crippen molar-refractivity contribution in [2.24, 2.45) is 0 Å². The molecule has 5 rings (SSSR count). The molecule has 1 saturated carbocycles. The molecule has 0 N–H and O–H groups in total. The summed E-state index contributed by atoms with van der Waals surface area (Å²) in [4.78, 5) is 41.9. The van der Waals surface area contributed by atoms with Gasteiger partial charge in [-0.05, 0) is 57.4 Å². The van der Waals surface area contributed by atoms with E-state index in [1.807, 2.05) is 47.0 Å². The number of carbonyl (C=O) groups is 3. The summed E-state index contributed by atoms with van der Waals surface area (Å²) in [6.07, 6.45) is 6.86. The number of nitrogens with zero attached hydrogens (tertiary/aromatic N) is 2. The summed E-state index contributed by atoms with van der Waals surface area (Å²) in [5.74, 6) is 6.43. The van der Waals surface area contributed by atoms with Crippen LogP contribution in [0.15, 0.2) is 54.6 Å². The van der Waals surface area contributed by atoms with Crippen LogP contribution in [-0.4, -0.2) is 49.7 Å². The van der Waals surface area contributed by atoms with E-state index in [1.165, 1.54) is 11.3 Å². The summed E-state index contributed by atoms with van der Waals surface area (Å²) < 4.78 is -0.0539. The summed E-state index contributed by atoms with van der Waals surface area (Å²) >= 11 is 1.91. The molecule has 2 fully saturated rings. The van der Waals surface area contributed by atoms with E-state index in [4.69, 9.17) is 0 Å². The Bertz CT molecular complexity index is 1200. The quantitative estimate of drug-likeness (QED) is 0.304. The molecule has 0 radical (unpaired) electrons. The van der Waals surface area contributed by atoms with Gasteiger partial charge in [0.2, 0.25) is 0 Å². The number of benzene rings is 2. The molecule has 6 heteroatoms. The third-order valence-electron chi connectivity index (χ3n) is 7.53. The zero-order valence-corrected chi connectivity index (χ0v) is 21.8. The van der Waals surface area contributed by atoms with Crippen molar-refractivity contribution in [1.29, 1.82) is 0 Å². The Labute approximate surface area is 217 Å². The highest BCUT2D eigenvalue weighted by Crippen LogP contribution is 2.57. The van der Waals surface area contributed by atoms with E-state index in [9.17, 15) is 14.4 Å². The van der Waals surface area contributed by atoms with E-state index >= 15 is 0 Å². The Morgan fingerprint density at radius 1 is 0.944 bits per heavy atom. The van der Waals surface area contributed by atoms with Gasteiger partial charge in [-0.3, -0.25) is 19.3 Å². The molecule has 3 amide bonds. The van der Waals surface area contributed by atoms with Crippen molar-refractivity contribution in [3.63, 3.8) is 0 Å². The van der Waals surface area contributed by atoms with Crippen molar-refractivity contribution in [3.05, 3.63) is 71.3 Å². The van der Waals surface area contributed by atoms with E-state index in [-0.39, 0.29) is 33.4 Å². The van der Waals surface area contributed by atoms with Crippen LogP contribution in [0.1, 0.15) is 89.9 Å². The highest BCUT2D eigenvalue weighted by Gasteiger charge is 2.57. The number of thioether (sulfide) groups is 1. The van der Waals surface area contributed by atoms with Crippen LogP contribution in [0.2, 0.25) is 0 Å². The van der Waals surface area contributed by atoms with E-state index < -0.39 is 0 Å². The number of carbonyl (C=O) groups excluding carboxylic acids is 3. The summed E-state index contributed by atoms with van der Waals surface area (Å²) in [6.45, 7) is 4.63. The minimum absolute atomic E-state index is 0.0286. The molecule has 0 aromatic heterocycles. The normalized spacial score (nSPS) is 21.9. The average Bonchev–Trinajstić information content (AvgIpc) is 3.25. The predicted molar refractivity (Wildman–Crippen MR) is 143 cm³/mol. The molecule has 36 heavy (non-hydrogen) atoms. The first-order valence-electron chi connectivity index (χ1n) is 12.9. The Balaban J connectivity index is 1.33. The minimum Gasteiger partial charge on any atom is -0.309 e. The van der Waals surface area contributed by atoms with Gasteiger partial charge in [-0.2, -0.15) is 0 Å². The number of fused-ring (bicyclic) bond motifs is 1. The molecule has 2 aromatic rings. The third kappa shape index (κ3) is 4.35. The van der Waals surface area contributed by atoms with Crippen molar-refractivity contribution in [3.8, 4) is 11.8 Å². The first-order chi connectivity index (χ1) is 17.3. The van der Waals surface area contributed by atoms with E-state index in [2.05, 4.69) is 25.7 Å². The van der Waals surface area contributed by atoms with Gasteiger partial charge in [0.15, 0.2) is 0 Å². The van der Waals surface area contributed by atoms with E-state index in [0.717, 1.165) is 25.7 Å². The van der Waals surface area contributed by atoms with Crippen LogP contribution < -0.4 is 0 Å². The fourth-order valence-electron chi connectivity index (χ4n) is 5.89. The lowest BCUT2D eigenvalue weighted by Gasteiger charge is -2.37. The molecule has 1 unspecified atom stereocenters. The van der Waals surface area contributed by atoms with E-state index in [1.54, 1.807) is 24.3 Å². The van der Waals surface area contributed by atoms with Crippen molar-refractivity contribution in [2.45, 2.75) is 74.5 Å². The Morgan fingerprint density at radius 2 is 1.56 bits per heavy atom. The smallest absolute Gasteiger partial charge is 0.261 e. The summed E-state index contributed by atoms with van der Waals surface area (Å²) in [5.41, 5.74) is 1.65. The van der Waals surface area contributed by atoms with E-state index in [0.29, 0.717) is 36.1 Å². The lowest BCUT2D eigenvalue weighted by molar-refractivity contribution is 0.0612. The van der Waals surface area contributed by atoms with Gasteiger partial charge in [0, 0.05) is 18.5 Å². The summed E-state index contributed by atoms with van der Waals surface area (Å²) in [7, 11) is 0. The molecule has 2 aromatic carbocycles. The van der Waals surface area contributed by atoms with Gasteiger partial charge in [0.1, 0.15) is 6.04 Å². The molecule has 3 aliphatic rings. The van der Waals surface area contributed by atoms with Crippen LogP contribution in [-0.2, 0) is 0 Å². The molecule has 2 aliphatic heterocycles. The maximum Gasteiger partial charge on any atom is 0.261 e. The average molecular weight is 501 g/mol. The van der Waals surface area contributed by atoms with Crippen LogP contribution in [0.25, 0.3) is 0 Å². The molecular weight excluding hydrogens is 468 g/mol. The first-order valence-corrected chi connectivity index (χ1v) is 13.7. The van der Waals surface area contributed by atoms with Gasteiger partial charge in [0.25, 0.3) is 17.7 Å². The van der Waals surface area contributed by atoms with Crippen LogP contribution in [0.3, 0.4) is 0 Å². The molecule has 0 bridgehead atoms. The fourth-order valence-corrected chi connectivity index (χ4v) is 7.94. The van der Waals surface area contributed by atoms with Gasteiger partial charge in [-0.15, -0.1) is 17.7 Å². The number of hydrogen-bond donors (Lipinski definition) is 0. The Kier molecular flexibility index (Phi) is 6.70. The fraction of sp³-hybridized carbons (Fsp3) is 0.433. The zero-order chi connectivity index (χ0) is 25.3.